The molecule has 7 nitrogen and oxygen atoms in total. The van der Waals surface area contributed by atoms with Crippen LogP contribution in [-0.2, 0) is 5.41 Å². The van der Waals surface area contributed by atoms with Gasteiger partial charge in [-0.1, -0.05) is 32.9 Å². The molecule has 7 heteroatoms. The van der Waals surface area contributed by atoms with Crippen LogP contribution in [0.15, 0.2) is 30.3 Å². The van der Waals surface area contributed by atoms with E-state index in [0.29, 0.717) is 18.9 Å². The summed E-state index contributed by atoms with van der Waals surface area (Å²) in [6, 6.07) is 9.91. The van der Waals surface area contributed by atoms with Crippen LogP contribution in [0, 0.1) is 13.8 Å². The second-order valence-corrected chi connectivity index (χ2v) is 7.56. The average molecular weight is 367 g/mol. The number of ether oxygens (including phenoxy) is 1. The molecule has 0 saturated heterocycles. The molecule has 27 heavy (non-hydrogen) atoms. The first-order valence-electron chi connectivity index (χ1n) is 8.96. The van der Waals surface area contributed by atoms with Crippen molar-refractivity contribution in [3.05, 3.63) is 53.1 Å². The van der Waals surface area contributed by atoms with E-state index in [0.717, 1.165) is 17.1 Å². The predicted octanol–water partition coefficient (Wildman–Crippen LogP) is 2.85. The maximum Gasteiger partial charge on any atom is 0.291 e. The molecule has 3 aromatic rings. The summed E-state index contributed by atoms with van der Waals surface area (Å²) in [6.45, 7) is 11.0. The molecule has 2 heterocycles. The van der Waals surface area contributed by atoms with Gasteiger partial charge in [0.2, 0.25) is 5.82 Å². The van der Waals surface area contributed by atoms with Crippen molar-refractivity contribution in [3.63, 3.8) is 0 Å². The van der Waals surface area contributed by atoms with Gasteiger partial charge in [0.1, 0.15) is 12.4 Å². The SMILES string of the molecule is Cc1cc(C)n2nc(C(=O)NCCOc3ccc(C(C)(C)C)cc3)nc2n1. The third kappa shape index (κ3) is 4.42. The van der Waals surface area contributed by atoms with Crippen molar-refractivity contribution < 1.29 is 9.53 Å². The smallest absolute Gasteiger partial charge is 0.291 e. The molecule has 0 aliphatic rings. The summed E-state index contributed by atoms with van der Waals surface area (Å²) in [4.78, 5) is 20.7. The third-order valence-electron chi connectivity index (χ3n) is 4.20. The van der Waals surface area contributed by atoms with Crippen LogP contribution in [0.1, 0.15) is 48.3 Å². The number of carbonyl (C=O) groups excluding carboxylic acids is 1. The number of aryl methyl sites for hydroxylation is 2. The van der Waals surface area contributed by atoms with Gasteiger partial charge in [-0.2, -0.15) is 4.98 Å². The van der Waals surface area contributed by atoms with Crippen molar-refractivity contribution in [2.45, 2.75) is 40.0 Å². The molecule has 0 aliphatic carbocycles. The number of hydrogen-bond acceptors (Lipinski definition) is 5. The van der Waals surface area contributed by atoms with E-state index in [1.807, 2.05) is 32.0 Å². The summed E-state index contributed by atoms with van der Waals surface area (Å²) in [5.74, 6) is 0.959. The zero-order chi connectivity index (χ0) is 19.6. The number of aromatic nitrogens is 4. The summed E-state index contributed by atoms with van der Waals surface area (Å²) in [7, 11) is 0. The lowest BCUT2D eigenvalue weighted by Gasteiger charge is -2.19. The lowest BCUT2D eigenvalue weighted by Crippen LogP contribution is -2.29. The van der Waals surface area contributed by atoms with Gasteiger partial charge in [0.25, 0.3) is 11.7 Å². The number of amides is 1. The largest absolute Gasteiger partial charge is 0.492 e. The van der Waals surface area contributed by atoms with Crippen LogP contribution in [0.2, 0.25) is 0 Å². The Morgan fingerprint density at radius 2 is 1.85 bits per heavy atom. The van der Waals surface area contributed by atoms with Crippen LogP contribution in [0.3, 0.4) is 0 Å². The zero-order valence-corrected chi connectivity index (χ0v) is 16.4. The Bertz CT molecular complexity index is 955. The van der Waals surface area contributed by atoms with Gasteiger partial charge in [-0.15, -0.1) is 5.10 Å². The minimum atomic E-state index is -0.343. The molecule has 0 atom stereocenters. The summed E-state index contributed by atoms with van der Waals surface area (Å²) in [6.07, 6.45) is 0. The lowest BCUT2D eigenvalue weighted by atomic mass is 9.87. The maximum absolute atomic E-state index is 12.2. The Labute approximate surface area is 158 Å². The molecule has 142 valence electrons. The highest BCUT2D eigenvalue weighted by Gasteiger charge is 2.15. The number of fused-ring (bicyclic) bond motifs is 1. The Morgan fingerprint density at radius 3 is 2.52 bits per heavy atom. The van der Waals surface area contributed by atoms with Crippen molar-refractivity contribution in [2.24, 2.45) is 0 Å². The molecular formula is C20H25N5O2. The second-order valence-electron chi connectivity index (χ2n) is 7.56. The van der Waals surface area contributed by atoms with Gasteiger partial charge in [0.15, 0.2) is 0 Å². The van der Waals surface area contributed by atoms with Crippen molar-refractivity contribution >= 4 is 11.7 Å². The topological polar surface area (TPSA) is 81.4 Å². The Morgan fingerprint density at radius 1 is 1.15 bits per heavy atom. The van der Waals surface area contributed by atoms with Crippen LogP contribution in [-0.4, -0.2) is 38.6 Å². The molecule has 0 unspecified atom stereocenters. The van der Waals surface area contributed by atoms with E-state index >= 15 is 0 Å². The van der Waals surface area contributed by atoms with Crippen molar-refractivity contribution in [3.8, 4) is 5.75 Å². The molecule has 0 fully saturated rings. The van der Waals surface area contributed by atoms with Crippen LogP contribution in [0.5, 0.6) is 5.75 Å². The van der Waals surface area contributed by atoms with Crippen molar-refractivity contribution in [2.75, 3.05) is 13.2 Å². The number of nitrogens with one attached hydrogen (secondary N) is 1. The molecule has 3 rings (SSSR count). The van der Waals surface area contributed by atoms with Gasteiger partial charge in [0, 0.05) is 11.4 Å². The fraction of sp³-hybridized carbons (Fsp3) is 0.400. The fourth-order valence-corrected chi connectivity index (χ4v) is 2.73. The second kappa shape index (κ2) is 7.34. The van der Waals surface area contributed by atoms with E-state index in [1.165, 1.54) is 5.56 Å². The Balaban J connectivity index is 1.53. The van der Waals surface area contributed by atoms with Crippen LogP contribution < -0.4 is 10.1 Å². The molecule has 0 radical (unpaired) electrons. The highest BCUT2D eigenvalue weighted by molar-refractivity contribution is 5.90. The van der Waals surface area contributed by atoms with Gasteiger partial charge < -0.3 is 10.1 Å². The van der Waals surface area contributed by atoms with Gasteiger partial charge in [-0.3, -0.25) is 4.79 Å². The number of hydrogen-bond donors (Lipinski definition) is 1. The maximum atomic E-state index is 12.2. The zero-order valence-electron chi connectivity index (χ0n) is 16.4. The van der Waals surface area contributed by atoms with E-state index in [2.05, 4.69) is 53.3 Å². The highest BCUT2D eigenvalue weighted by Crippen LogP contribution is 2.24. The lowest BCUT2D eigenvalue weighted by molar-refractivity contribution is 0.0937. The van der Waals surface area contributed by atoms with Crippen LogP contribution in [0.25, 0.3) is 5.78 Å². The standard InChI is InChI=1S/C20H25N5O2/c1-13-12-14(2)25-19(22-13)23-17(24-25)18(26)21-10-11-27-16-8-6-15(7-9-16)20(3,4)5/h6-9,12H,10-11H2,1-5H3,(H,21,26). The summed E-state index contributed by atoms with van der Waals surface area (Å²) < 4.78 is 7.25. The Kier molecular flexibility index (Phi) is 5.12. The fourth-order valence-electron chi connectivity index (χ4n) is 2.73. The summed E-state index contributed by atoms with van der Waals surface area (Å²) in [5.41, 5.74) is 3.08. The highest BCUT2D eigenvalue weighted by atomic mass is 16.5. The van der Waals surface area contributed by atoms with Gasteiger partial charge >= 0.3 is 0 Å². The number of benzene rings is 1. The predicted molar refractivity (Wildman–Crippen MR) is 103 cm³/mol. The first-order valence-corrected chi connectivity index (χ1v) is 8.96. The van der Waals surface area contributed by atoms with E-state index in [-0.39, 0.29) is 17.1 Å². The van der Waals surface area contributed by atoms with E-state index in [4.69, 9.17) is 4.74 Å². The third-order valence-corrected chi connectivity index (χ3v) is 4.20. The van der Waals surface area contributed by atoms with E-state index in [1.54, 1.807) is 4.52 Å². The van der Waals surface area contributed by atoms with Crippen LogP contribution in [0.4, 0.5) is 0 Å². The van der Waals surface area contributed by atoms with E-state index in [9.17, 15) is 4.79 Å². The number of carbonyl (C=O) groups is 1. The Hall–Kier alpha value is -2.96. The normalized spacial score (nSPS) is 11.6. The summed E-state index contributed by atoms with van der Waals surface area (Å²) in [5, 5.41) is 6.98. The van der Waals surface area contributed by atoms with Crippen molar-refractivity contribution in [1.29, 1.82) is 0 Å². The summed E-state index contributed by atoms with van der Waals surface area (Å²) >= 11 is 0. The molecule has 0 saturated carbocycles. The van der Waals surface area contributed by atoms with Gasteiger partial charge in [0.05, 0.1) is 6.54 Å². The molecule has 1 amide bonds. The molecule has 0 aliphatic heterocycles. The van der Waals surface area contributed by atoms with E-state index < -0.39 is 0 Å². The molecular weight excluding hydrogens is 342 g/mol. The molecule has 0 bridgehead atoms. The molecule has 1 aromatic carbocycles. The van der Waals surface area contributed by atoms with Crippen LogP contribution >= 0.6 is 0 Å². The monoisotopic (exact) mass is 367 g/mol. The minimum Gasteiger partial charge on any atom is -0.492 e. The van der Waals surface area contributed by atoms with Gasteiger partial charge in [-0.25, -0.2) is 9.50 Å². The first kappa shape index (κ1) is 18.8. The molecule has 2 aromatic heterocycles. The van der Waals surface area contributed by atoms with Gasteiger partial charge in [-0.05, 0) is 43.0 Å². The minimum absolute atomic E-state index is 0.103. The molecule has 0 spiro atoms. The average Bonchev–Trinajstić information content (AvgIpc) is 3.02. The first-order chi connectivity index (χ1) is 12.7. The quantitative estimate of drug-likeness (QED) is 0.701. The number of nitrogens with zero attached hydrogens (tertiary/aromatic N) is 4. The number of rotatable bonds is 5. The van der Waals surface area contributed by atoms with Crippen molar-refractivity contribution in [1.82, 2.24) is 24.9 Å². The molecule has 1 N–H and O–H groups in total.